The molecule has 1 saturated heterocycles. The summed E-state index contributed by atoms with van der Waals surface area (Å²) < 4.78 is 6.21. The molecule has 3 heterocycles. The van der Waals surface area contributed by atoms with Crippen LogP contribution >= 0.6 is 0 Å². The molecule has 130 valence electrons. The van der Waals surface area contributed by atoms with E-state index in [2.05, 4.69) is 15.0 Å². The van der Waals surface area contributed by atoms with Crippen molar-refractivity contribution in [2.75, 3.05) is 13.1 Å². The summed E-state index contributed by atoms with van der Waals surface area (Å²) in [6.07, 6.45) is 11.9. The standard InChI is InChI=1S/C19H22N4O2/c24-19(17-10-21-7-8-22-17)23-11-15-4-1-5-18(16(15)12-23)25-13-14-3-2-6-20-9-14/h2-3,6-10,15-16,18H,1,4-5,11-13H2/t15-,16+,18-/m1/s1. The van der Waals surface area contributed by atoms with Gasteiger partial charge in [-0.1, -0.05) is 12.5 Å². The minimum Gasteiger partial charge on any atom is -0.373 e. The third kappa shape index (κ3) is 3.54. The third-order valence-electron chi connectivity index (χ3n) is 5.29. The summed E-state index contributed by atoms with van der Waals surface area (Å²) in [6.45, 7) is 2.13. The predicted molar refractivity (Wildman–Crippen MR) is 91.6 cm³/mol. The van der Waals surface area contributed by atoms with Crippen molar-refractivity contribution in [1.29, 1.82) is 0 Å². The molecule has 0 unspecified atom stereocenters. The number of aromatic nitrogens is 3. The summed E-state index contributed by atoms with van der Waals surface area (Å²) >= 11 is 0. The van der Waals surface area contributed by atoms with Crippen molar-refractivity contribution >= 4 is 5.91 Å². The van der Waals surface area contributed by atoms with Gasteiger partial charge in [0.25, 0.3) is 5.91 Å². The van der Waals surface area contributed by atoms with Gasteiger partial charge in [-0.05, 0) is 30.4 Å². The first-order chi connectivity index (χ1) is 12.3. The average molecular weight is 338 g/mol. The van der Waals surface area contributed by atoms with E-state index in [0.29, 0.717) is 24.1 Å². The normalized spacial score (nSPS) is 25.6. The molecule has 6 nitrogen and oxygen atoms in total. The maximum atomic E-state index is 12.7. The molecule has 3 atom stereocenters. The summed E-state index contributed by atoms with van der Waals surface area (Å²) in [4.78, 5) is 26.9. The van der Waals surface area contributed by atoms with Gasteiger partial charge in [-0.3, -0.25) is 14.8 Å². The van der Waals surface area contributed by atoms with E-state index >= 15 is 0 Å². The monoisotopic (exact) mass is 338 g/mol. The molecular weight excluding hydrogens is 316 g/mol. The van der Waals surface area contributed by atoms with E-state index in [1.165, 1.54) is 6.42 Å². The second-order valence-corrected chi connectivity index (χ2v) is 6.87. The minimum atomic E-state index is -0.0199. The maximum Gasteiger partial charge on any atom is 0.274 e. The number of pyridine rings is 1. The highest BCUT2D eigenvalue weighted by Crippen LogP contribution is 2.38. The van der Waals surface area contributed by atoms with Crippen LogP contribution < -0.4 is 0 Å². The molecule has 2 aromatic heterocycles. The van der Waals surface area contributed by atoms with Crippen LogP contribution in [-0.4, -0.2) is 45.0 Å². The third-order valence-corrected chi connectivity index (χ3v) is 5.29. The van der Waals surface area contributed by atoms with Crippen molar-refractivity contribution in [3.8, 4) is 0 Å². The van der Waals surface area contributed by atoms with Gasteiger partial charge in [-0.15, -0.1) is 0 Å². The summed E-state index contributed by atoms with van der Waals surface area (Å²) in [7, 11) is 0. The Hall–Kier alpha value is -2.34. The van der Waals surface area contributed by atoms with E-state index in [9.17, 15) is 4.79 Å². The van der Waals surface area contributed by atoms with Crippen LogP contribution in [-0.2, 0) is 11.3 Å². The van der Waals surface area contributed by atoms with Crippen molar-refractivity contribution in [3.63, 3.8) is 0 Å². The Balaban J connectivity index is 1.41. The van der Waals surface area contributed by atoms with Gasteiger partial charge in [0.15, 0.2) is 0 Å². The smallest absolute Gasteiger partial charge is 0.274 e. The van der Waals surface area contributed by atoms with E-state index in [1.807, 2.05) is 23.2 Å². The van der Waals surface area contributed by atoms with Crippen LogP contribution in [0.4, 0.5) is 0 Å². The molecular formula is C19H22N4O2. The summed E-state index contributed by atoms with van der Waals surface area (Å²) in [5.74, 6) is 0.910. The first-order valence-corrected chi connectivity index (χ1v) is 8.87. The molecule has 6 heteroatoms. The zero-order valence-electron chi connectivity index (χ0n) is 14.1. The van der Waals surface area contributed by atoms with Gasteiger partial charge in [0.1, 0.15) is 5.69 Å². The largest absolute Gasteiger partial charge is 0.373 e. The Morgan fingerprint density at radius 2 is 2.08 bits per heavy atom. The fourth-order valence-corrected chi connectivity index (χ4v) is 4.05. The van der Waals surface area contributed by atoms with E-state index in [1.54, 1.807) is 24.8 Å². The zero-order valence-corrected chi connectivity index (χ0v) is 14.1. The van der Waals surface area contributed by atoms with Crippen molar-refractivity contribution in [2.24, 2.45) is 11.8 Å². The summed E-state index contributed by atoms with van der Waals surface area (Å²) in [5.41, 5.74) is 1.52. The highest BCUT2D eigenvalue weighted by molar-refractivity contribution is 5.92. The number of hydrogen-bond donors (Lipinski definition) is 0. The highest BCUT2D eigenvalue weighted by Gasteiger charge is 2.42. The van der Waals surface area contributed by atoms with Gasteiger partial charge in [0.05, 0.1) is 18.9 Å². The molecule has 0 aromatic carbocycles. The van der Waals surface area contributed by atoms with E-state index in [4.69, 9.17) is 4.74 Å². The van der Waals surface area contributed by atoms with Crippen LogP contribution in [0.2, 0.25) is 0 Å². The molecule has 0 N–H and O–H groups in total. The van der Waals surface area contributed by atoms with Gasteiger partial charge in [-0.25, -0.2) is 4.98 Å². The number of carbonyl (C=O) groups excluding carboxylic acids is 1. The van der Waals surface area contributed by atoms with Gasteiger partial charge < -0.3 is 9.64 Å². The molecule has 25 heavy (non-hydrogen) atoms. The van der Waals surface area contributed by atoms with Gasteiger partial charge >= 0.3 is 0 Å². The van der Waals surface area contributed by atoms with Crippen molar-refractivity contribution in [1.82, 2.24) is 19.9 Å². The van der Waals surface area contributed by atoms with E-state index < -0.39 is 0 Å². The zero-order chi connectivity index (χ0) is 17.1. The number of hydrogen-bond acceptors (Lipinski definition) is 5. The van der Waals surface area contributed by atoms with Crippen LogP contribution in [0.3, 0.4) is 0 Å². The average Bonchev–Trinajstić information content (AvgIpc) is 3.12. The molecule has 2 fully saturated rings. The lowest BCUT2D eigenvalue weighted by Crippen LogP contribution is -2.34. The fourth-order valence-electron chi connectivity index (χ4n) is 4.05. The fraction of sp³-hybridized carbons (Fsp3) is 0.474. The Kier molecular flexibility index (Phi) is 4.70. The Bertz CT molecular complexity index is 710. The lowest BCUT2D eigenvalue weighted by Gasteiger charge is -2.32. The molecule has 1 saturated carbocycles. The van der Waals surface area contributed by atoms with E-state index in [0.717, 1.165) is 31.5 Å². The quantitative estimate of drug-likeness (QED) is 0.856. The van der Waals surface area contributed by atoms with Crippen LogP contribution in [0, 0.1) is 11.8 Å². The predicted octanol–water partition coefficient (Wildman–Crippen LogP) is 2.33. The summed E-state index contributed by atoms with van der Waals surface area (Å²) in [6, 6.07) is 3.96. The number of ether oxygens (including phenoxy) is 1. The molecule has 2 aliphatic rings. The maximum absolute atomic E-state index is 12.7. The van der Waals surface area contributed by atoms with Crippen LogP contribution in [0.1, 0.15) is 35.3 Å². The molecule has 0 spiro atoms. The van der Waals surface area contributed by atoms with Crippen molar-refractivity contribution in [3.05, 3.63) is 54.4 Å². The second-order valence-electron chi connectivity index (χ2n) is 6.87. The number of carbonyl (C=O) groups is 1. The van der Waals surface area contributed by atoms with Gasteiger partial charge in [0.2, 0.25) is 0 Å². The molecule has 2 aromatic rings. The number of fused-ring (bicyclic) bond motifs is 1. The molecule has 0 bridgehead atoms. The lowest BCUT2D eigenvalue weighted by atomic mass is 9.79. The minimum absolute atomic E-state index is 0.0199. The Labute approximate surface area is 147 Å². The SMILES string of the molecule is O=C(c1cnccn1)N1C[C@H]2CCC[C@@H](OCc3cccnc3)[C@H]2C1. The highest BCUT2D eigenvalue weighted by atomic mass is 16.5. The van der Waals surface area contributed by atoms with Crippen LogP contribution in [0.15, 0.2) is 43.1 Å². The lowest BCUT2D eigenvalue weighted by molar-refractivity contribution is -0.0293. The first kappa shape index (κ1) is 16.1. The molecule has 1 amide bonds. The molecule has 4 rings (SSSR count). The number of amides is 1. The van der Waals surface area contributed by atoms with Crippen molar-refractivity contribution < 1.29 is 9.53 Å². The van der Waals surface area contributed by atoms with Crippen molar-refractivity contribution in [2.45, 2.75) is 32.0 Å². The number of likely N-dealkylation sites (tertiary alicyclic amines) is 1. The summed E-state index contributed by atoms with van der Waals surface area (Å²) in [5, 5.41) is 0. The topological polar surface area (TPSA) is 68.2 Å². The molecule has 1 aliphatic heterocycles. The number of rotatable bonds is 4. The Morgan fingerprint density at radius 1 is 1.16 bits per heavy atom. The van der Waals surface area contributed by atoms with Gasteiger partial charge in [0, 0.05) is 43.8 Å². The molecule has 1 aliphatic carbocycles. The van der Waals surface area contributed by atoms with Crippen LogP contribution in [0.5, 0.6) is 0 Å². The molecule has 0 radical (unpaired) electrons. The van der Waals surface area contributed by atoms with Crippen LogP contribution in [0.25, 0.3) is 0 Å². The van der Waals surface area contributed by atoms with Gasteiger partial charge in [-0.2, -0.15) is 0 Å². The number of nitrogens with zero attached hydrogens (tertiary/aromatic N) is 4. The second kappa shape index (κ2) is 7.27. The first-order valence-electron chi connectivity index (χ1n) is 8.87. The van der Waals surface area contributed by atoms with E-state index in [-0.39, 0.29) is 12.0 Å². The Morgan fingerprint density at radius 3 is 2.88 bits per heavy atom.